The monoisotopic (exact) mass is 379 g/mol. The van der Waals surface area contributed by atoms with E-state index in [2.05, 4.69) is 5.10 Å². The van der Waals surface area contributed by atoms with Gasteiger partial charge in [0.1, 0.15) is 0 Å². The molecular weight excluding hydrogens is 358 g/mol. The van der Waals surface area contributed by atoms with Gasteiger partial charge < -0.3 is 4.90 Å². The van der Waals surface area contributed by atoms with Crippen molar-refractivity contribution in [3.8, 4) is 5.69 Å². The molecule has 0 atom stereocenters. The van der Waals surface area contributed by atoms with E-state index >= 15 is 0 Å². The smallest absolute Gasteiger partial charge is 0.233 e. The normalized spacial score (nSPS) is 15.2. The fraction of sp³-hybridized carbons (Fsp3) is 0.273. The first-order valence-electron chi connectivity index (χ1n) is 9.19. The summed E-state index contributed by atoms with van der Waals surface area (Å²) in [4.78, 5) is 15.1. The maximum absolute atomic E-state index is 13.3. The number of nitrogens with zero attached hydrogens (tertiary/aromatic N) is 3. The van der Waals surface area contributed by atoms with E-state index < -0.39 is 5.41 Å². The van der Waals surface area contributed by atoms with Crippen molar-refractivity contribution in [3.05, 3.63) is 83.1 Å². The van der Waals surface area contributed by atoms with Crippen molar-refractivity contribution in [1.82, 2.24) is 14.7 Å². The van der Waals surface area contributed by atoms with Gasteiger partial charge in [-0.2, -0.15) is 5.10 Å². The third-order valence-electron chi connectivity index (χ3n) is 5.44. The van der Waals surface area contributed by atoms with Crippen LogP contribution < -0.4 is 0 Å². The van der Waals surface area contributed by atoms with Crippen LogP contribution in [0.25, 0.3) is 5.69 Å². The summed E-state index contributed by atoms with van der Waals surface area (Å²) in [6.45, 7) is 0.543. The van der Waals surface area contributed by atoms with Crippen molar-refractivity contribution in [2.24, 2.45) is 0 Å². The van der Waals surface area contributed by atoms with Gasteiger partial charge in [-0.15, -0.1) is 0 Å². The van der Waals surface area contributed by atoms with Crippen LogP contribution in [-0.2, 0) is 16.8 Å². The summed E-state index contributed by atoms with van der Waals surface area (Å²) in [5.41, 5.74) is 2.68. The molecule has 0 saturated heterocycles. The summed E-state index contributed by atoms with van der Waals surface area (Å²) < 4.78 is 1.84. The molecule has 1 saturated carbocycles. The summed E-state index contributed by atoms with van der Waals surface area (Å²) in [5, 5.41) is 5.12. The molecule has 0 spiro atoms. The number of hydrogen-bond acceptors (Lipinski definition) is 2. The first-order valence-corrected chi connectivity index (χ1v) is 9.57. The summed E-state index contributed by atoms with van der Waals surface area (Å²) in [6, 6.07) is 17.7. The molecule has 138 valence electrons. The van der Waals surface area contributed by atoms with E-state index in [1.165, 1.54) is 0 Å². The average molecular weight is 380 g/mol. The molecule has 1 fully saturated rings. The summed E-state index contributed by atoms with van der Waals surface area (Å²) >= 11 is 6.02. The second kappa shape index (κ2) is 7.20. The Hall–Kier alpha value is -2.59. The Morgan fingerprint density at radius 1 is 1.15 bits per heavy atom. The Balaban J connectivity index is 1.51. The van der Waals surface area contributed by atoms with E-state index in [9.17, 15) is 4.79 Å². The number of para-hydroxylation sites is 1. The van der Waals surface area contributed by atoms with Gasteiger partial charge in [-0.3, -0.25) is 4.79 Å². The van der Waals surface area contributed by atoms with Crippen molar-refractivity contribution in [2.75, 3.05) is 7.05 Å². The highest BCUT2D eigenvalue weighted by Gasteiger charge is 2.46. The molecule has 0 aliphatic heterocycles. The number of benzene rings is 2. The van der Waals surface area contributed by atoms with E-state index in [0.29, 0.717) is 11.6 Å². The summed E-state index contributed by atoms with van der Waals surface area (Å²) in [7, 11) is 1.87. The fourth-order valence-corrected chi connectivity index (χ4v) is 3.93. The van der Waals surface area contributed by atoms with Crippen molar-refractivity contribution in [2.45, 2.75) is 31.2 Å². The molecule has 1 aliphatic rings. The van der Waals surface area contributed by atoms with Gasteiger partial charge in [0, 0.05) is 30.4 Å². The molecular formula is C22H22ClN3O. The molecule has 1 aromatic heterocycles. The molecule has 3 aromatic rings. The Morgan fingerprint density at radius 3 is 2.48 bits per heavy atom. The average Bonchev–Trinajstić information content (AvgIpc) is 3.11. The lowest BCUT2D eigenvalue weighted by Crippen LogP contribution is -2.49. The number of aromatic nitrogens is 2. The van der Waals surface area contributed by atoms with Crippen LogP contribution in [0.4, 0.5) is 0 Å². The van der Waals surface area contributed by atoms with E-state index in [1.54, 1.807) is 0 Å². The van der Waals surface area contributed by atoms with Crippen LogP contribution >= 0.6 is 11.6 Å². The van der Waals surface area contributed by atoms with Crippen molar-refractivity contribution in [3.63, 3.8) is 0 Å². The Morgan fingerprint density at radius 2 is 1.85 bits per heavy atom. The van der Waals surface area contributed by atoms with E-state index in [4.69, 9.17) is 11.6 Å². The van der Waals surface area contributed by atoms with Gasteiger partial charge in [0.05, 0.1) is 17.3 Å². The van der Waals surface area contributed by atoms with E-state index in [1.807, 2.05) is 83.6 Å². The number of hydrogen-bond donors (Lipinski definition) is 0. The summed E-state index contributed by atoms with van der Waals surface area (Å²) in [6.07, 6.45) is 6.66. The Labute approximate surface area is 164 Å². The lowest BCUT2D eigenvalue weighted by Gasteiger charge is -2.43. The zero-order valence-electron chi connectivity index (χ0n) is 15.3. The second-order valence-electron chi connectivity index (χ2n) is 7.23. The molecule has 0 radical (unpaired) electrons. The van der Waals surface area contributed by atoms with Gasteiger partial charge in [-0.25, -0.2) is 4.68 Å². The number of halogens is 1. The largest absolute Gasteiger partial charge is 0.341 e. The van der Waals surface area contributed by atoms with Gasteiger partial charge in [0.25, 0.3) is 0 Å². The zero-order valence-corrected chi connectivity index (χ0v) is 16.1. The predicted molar refractivity (Wildman–Crippen MR) is 107 cm³/mol. The molecule has 4 nitrogen and oxygen atoms in total. The molecule has 0 bridgehead atoms. The number of carbonyl (C=O) groups is 1. The van der Waals surface area contributed by atoms with Crippen LogP contribution in [0.1, 0.15) is 30.4 Å². The van der Waals surface area contributed by atoms with Gasteiger partial charge in [-0.1, -0.05) is 48.4 Å². The van der Waals surface area contributed by atoms with Crippen molar-refractivity contribution >= 4 is 17.5 Å². The fourth-order valence-electron chi connectivity index (χ4n) is 3.80. The van der Waals surface area contributed by atoms with Crippen LogP contribution in [0.15, 0.2) is 67.0 Å². The Kier molecular flexibility index (Phi) is 4.75. The zero-order chi connectivity index (χ0) is 18.9. The minimum absolute atomic E-state index is 0.170. The predicted octanol–water partition coefficient (Wildman–Crippen LogP) is 4.61. The number of carbonyl (C=O) groups excluding carboxylic acids is 1. The quantitative estimate of drug-likeness (QED) is 0.649. The van der Waals surface area contributed by atoms with Crippen LogP contribution in [0.2, 0.25) is 5.02 Å². The lowest BCUT2D eigenvalue weighted by atomic mass is 9.63. The maximum Gasteiger partial charge on any atom is 0.233 e. The molecule has 1 amide bonds. The highest BCUT2D eigenvalue weighted by Crippen LogP contribution is 2.45. The lowest BCUT2D eigenvalue weighted by molar-refractivity contribution is -0.140. The highest BCUT2D eigenvalue weighted by molar-refractivity contribution is 6.30. The number of likely N-dealkylation sites (N-methyl/N-ethyl adjacent to an activating group) is 1. The van der Waals surface area contributed by atoms with Crippen LogP contribution in [0.3, 0.4) is 0 Å². The highest BCUT2D eigenvalue weighted by atomic mass is 35.5. The number of rotatable bonds is 5. The van der Waals surface area contributed by atoms with Crippen molar-refractivity contribution in [1.29, 1.82) is 0 Å². The standard InChI is InChI=1S/C22H22ClN3O/c1-25(15-17-14-24-26(16-17)20-6-3-2-4-7-20)21(27)22(12-5-13-22)18-8-10-19(23)11-9-18/h2-4,6-11,14,16H,5,12-13,15H2,1H3. The van der Waals surface area contributed by atoms with Gasteiger partial charge in [-0.05, 0) is 42.7 Å². The molecule has 1 heterocycles. The molecule has 27 heavy (non-hydrogen) atoms. The number of amides is 1. The van der Waals surface area contributed by atoms with E-state index in [-0.39, 0.29) is 5.91 Å². The SMILES string of the molecule is CN(Cc1cnn(-c2ccccc2)c1)C(=O)C1(c2ccc(Cl)cc2)CCC1. The van der Waals surface area contributed by atoms with Gasteiger partial charge in [0.15, 0.2) is 0 Å². The van der Waals surface area contributed by atoms with Crippen LogP contribution in [0.5, 0.6) is 0 Å². The van der Waals surface area contributed by atoms with Crippen LogP contribution in [0, 0.1) is 0 Å². The third kappa shape index (κ3) is 3.37. The topological polar surface area (TPSA) is 38.1 Å². The molecule has 0 unspecified atom stereocenters. The molecule has 5 heteroatoms. The Bertz CT molecular complexity index is 930. The van der Waals surface area contributed by atoms with E-state index in [0.717, 1.165) is 36.1 Å². The first kappa shape index (κ1) is 17.8. The van der Waals surface area contributed by atoms with Gasteiger partial charge >= 0.3 is 0 Å². The maximum atomic E-state index is 13.3. The molecule has 4 rings (SSSR count). The van der Waals surface area contributed by atoms with Gasteiger partial charge in [0.2, 0.25) is 5.91 Å². The molecule has 1 aliphatic carbocycles. The minimum atomic E-state index is -0.408. The second-order valence-corrected chi connectivity index (χ2v) is 7.67. The summed E-state index contributed by atoms with van der Waals surface area (Å²) in [5.74, 6) is 0.170. The van der Waals surface area contributed by atoms with Crippen molar-refractivity contribution < 1.29 is 4.79 Å². The van der Waals surface area contributed by atoms with Crippen LogP contribution in [-0.4, -0.2) is 27.6 Å². The third-order valence-corrected chi connectivity index (χ3v) is 5.69. The minimum Gasteiger partial charge on any atom is -0.341 e. The molecule has 0 N–H and O–H groups in total. The molecule has 2 aromatic carbocycles. The first-order chi connectivity index (χ1) is 13.1.